The van der Waals surface area contributed by atoms with E-state index in [-0.39, 0.29) is 11.1 Å². The zero-order valence-electron chi connectivity index (χ0n) is 14.8. The number of nitrogens with zero attached hydrogens (tertiary/aromatic N) is 1. The number of piperidine rings is 2. The molecule has 3 rings (SSSR count). The minimum Gasteiger partial charge on any atom is -0.315 e. The van der Waals surface area contributed by atoms with Gasteiger partial charge in [0.15, 0.2) is 0 Å². The molecule has 2 saturated heterocycles. The maximum Gasteiger partial charge on any atom is 0.270 e. The Kier molecular flexibility index (Phi) is 5.56. The third kappa shape index (κ3) is 4.15. The van der Waals surface area contributed by atoms with Gasteiger partial charge in [-0.15, -0.1) is 0 Å². The smallest absolute Gasteiger partial charge is 0.270 e. The standard InChI is InChI=1S/C20H30F2N2/c1-19(21,22)18-8-5-7-17(15-18)9-11-20(10-6-12-23-16-20)24-13-3-2-4-14-24/h5,7-8,15,23H,2-4,6,9-14,16H2,1H3/t20-/m0/s1. The molecule has 1 N–H and O–H groups in total. The van der Waals surface area contributed by atoms with E-state index in [4.69, 9.17) is 0 Å². The van der Waals surface area contributed by atoms with Crippen molar-refractivity contribution in [3.63, 3.8) is 0 Å². The van der Waals surface area contributed by atoms with Crippen LogP contribution in [0.1, 0.15) is 56.6 Å². The van der Waals surface area contributed by atoms with Gasteiger partial charge in [0, 0.05) is 24.6 Å². The summed E-state index contributed by atoms with van der Waals surface area (Å²) in [6.07, 6.45) is 8.29. The van der Waals surface area contributed by atoms with Crippen LogP contribution < -0.4 is 5.32 Å². The van der Waals surface area contributed by atoms with Crippen molar-refractivity contribution in [3.05, 3.63) is 35.4 Å². The maximum absolute atomic E-state index is 13.6. The van der Waals surface area contributed by atoms with Gasteiger partial charge in [0.1, 0.15) is 0 Å². The third-order valence-electron chi connectivity index (χ3n) is 5.79. The number of halogens is 2. The molecule has 0 aliphatic carbocycles. The Morgan fingerprint density at radius 3 is 2.62 bits per heavy atom. The van der Waals surface area contributed by atoms with E-state index in [1.54, 1.807) is 12.1 Å². The van der Waals surface area contributed by atoms with Crippen LogP contribution in [0.4, 0.5) is 8.78 Å². The Morgan fingerprint density at radius 1 is 1.17 bits per heavy atom. The fourth-order valence-electron chi connectivity index (χ4n) is 4.34. The molecule has 2 aliphatic rings. The lowest BCUT2D eigenvalue weighted by atomic mass is 9.81. The highest BCUT2D eigenvalue weighted by Crippen LogP contribution is 2.33. The first-order valence-electron chi connectivity index (χ1n) is 9.43. The molecule has 2 heterocycles. The average Bonchev–Trinajstić information content (AvgIpc) is 2.61. The first-order chi connectivity index (χ1) is 11.5. The molecule has 1 atom stereocenters. The summed E-state index contributed by atoms with van der Waals surface area (Å²) in [5.41, 5.74) is 1.38. The number of nitrogens with one attached hydrogen (secondary N) is 1. The van der Waals surface area contributed by atoms with E-state index in [1.165, 1.54) is 51.3 Å². The largest absolute Gasteiger partial charge is 0.315 e. The van der Waals surface area contributed by atoms with Gasteiger partial charge in [-0.2, -0.15) is 0 Å². The van der Waals surface area contributed by atoms with Crippen molar-refractivity contribution in [2.75, 3.05) is 26.2 Å². The summed E-state index contributed by atoms with van der Waals surface area (Å²) in [4.78, 5) is 2.68. The third-order valence-corrected chi connectivity index (χ3v) is 5.79. The first kappa shape index (κ1) is 17.8. The molecular formula is C20H30F2N2. The second-order valence-corrected chi connectivity index (χ2v) is 7.64. The number of hydrogen-bond donors (Lipinski definition) is 1. The van der Waals surface area contributed by atoms with E-state index in [0.29, 0.717) is 0 Å². The van der Waals surface area contributed by atoms with Crippen LogP contribution in [0.25, 0.3) is 0 Å². The molecule has 134 valence electrons. The summed E-state index contributed by atoms with van der Waals surface area (Å²) in [6, 6.07) is 7.00. The zero-order valence-corrected chi connectivity index (χ0v) is 14.8. The van der Waals surface area contributed by atoms with Crippen LogP contribution >= 0.6 is 0 Å². The molecule has 2 fully saturated rings. The first-order valence-corrected chi connectivity index (χ1v) is 9.43. The van der Waals surface area contributed by atoms with Gasteiger partial charge in [0.05, 0.1) is 0 Å². The molecule has 2 aliphatic heterocycles. The van der Waals surface area contributed by atoms with Gasteiger partial charge in [-0.05, 0) is 69.8 Å². The Hall–Kier alpha value is -1.00. The van der Waals surface area contributed by atoms with Crippen LogP contribution in [0.15, 0.2) is 24.3 Å². The fraction of sp³-hybridized carbons (Fsp3) is 0.700. The van der Waals surface area contributed by atoms with Crippen molar-refractivity contribution in [1.29, 1.82) is 0 Å². The highest BCUT2D eigenvalue weighted by atomic mass is 19.3. The fourth-order valence-corrected chi connectivity index (χ4v) is 4.34. The molecule has 2 nitrogen and oxygen atoms in total. The van der Waals surface area contributed by atoms with Gasteiger partial charge in [0.25, 0.3) is 5.92 Å². The SMILES string of the molecule is CC(F)(F)c1cccc(CC[C@@]2(N3CCCCC3)CCCNC2)c1. The summed E-state index contributed by atoms with van der Waals surface area (Å²) in [6.45, 7) is 5.50. The maximum atomic E-state index is 13.6. The average molecular weight is 336 g/mol. The van der Waals surface area contributed by atoms with E-state index >= 15 is 0 Å². The minimum atomic E-state index is -2.76. The number of hydrogen-bond acceptors (Lipinski definition) is 2. The van der Waals surface area contributed by atoms with Crippen LogP contribution in [0.3, 0.4) is 0 Å². The number of rotatable bonds is 5. The van der Waals surface area contributed by atoms with E-state index in [0.717, 1.165) is 38.4 Å². The van der Waals surface area contributed by atoms with Crippen molar-refractivity contribution in [3.8, 4) is 0 Å². The molecule has 4 heteroatoms. The molecule has 1 aromatic rings. The topological polar surface area (TPSA) is 15.3 Å². The number of aryl methyl sites for hydroxylation is 1. The molecule has 0 amide bonds. The van der Waals surface area contributed by atoms with Crippen molar-refractivity contribution >= 4 is 0 Å². The minimum absolute atomic E-state index is 0.133. The van der Waals surface area contributed by atoms with Gasteiger partial charge >= 0.3 is 0 Å². The molecular weight excluding hydrogens is 306 g/mol. The van der Waals surface area contributed by atoms with Crippen LogP contribution in [0.5, 0.6) is 0 Å². The van der Waals surface area contributed by atoms with Crippen molar-refractivity contribution < 1.29 is 8.78 Å². The summed E-state index contributed by atoms with van der Waals surface area (Å²) >= 11 is 0. The van der Waals surface area contributed by atoms with Gasteiger partial charge in [-0.25, -0.2) is 8.78 Å². The Bertz CT molecular complexity index is 527. The predicted molar refractivity (Wildman–Crippen MR) is 94.6 cm³/mol. The van der Waals surface area contributed by atoms with E-state index < -0.39 is 5.92 Å². The molecule has 0 radical (unpaired) electrons. The molecule has 0 bridgehead atoms. The van der Waals surface area contributed by atoms with Gasteiger partial charge < -0.3 is 5.32 Å². The van der Waals surface area contributed by atoms with Crippen molar-refractivity contribution in [2.24, 2.45) is 0 Å². The van der Waals surface area contributed by atoms with Crippen LogP contribution in [0, 0.1) is 0 Å². The highest BCUT2D eigenvalue weighted by Gasteiger charge is 2.38. The number of likely N-dealkylation sites (tertiary alicyclic amines) is 1. The lowest BCUT2D eigenvalue weighted by Gasteiger charge is -2.48. The summed E-state index contributed by atoms with van der Waals surface area (Å²) in [5.74, 6) is -2.76. The quantitative estimate of drug-likeness (QED) is 0.860. The Morgan fingerprint density at radius 2 is 1.96 bits per heavy atom. The normalized spacial score (nSPS) is 26.5. The predicted octanol–water partition coefficient (Wildman–Crippen LogP) is 4.34. The summed E-state index contributed by atoms with van der Waals surface area (Å²) in [7, 11) is 0. The van der Waals surface area contributed by atoms with E-state index in [1.807, 2.05) is 6.07 Å². The number of benzene rings is 1. The van der Waals surface area contributed by atoms with Crippen LogP contribution in [-0.2, 0) is 12.3 Å². The zero-order chi connectivity index (χ0) is 17.0. The monoisotopic (exact) mass is 336 g/mol. The molecule has 0 spiro atoms. The lowest BCUT2D eigenvalue weighted by molar-refractivity contribution is 0.0173. The second kappa shape index (κ2) is 7.49. The Labute approximate surface area is 144 Å². The molecule has 0 saturated carbocycles. The summed E-state index contributed by atoms with van der Waals surface area (Å²) < 4.78 is 27.2. The van der Waals surface area contributed by atoms with E-state index in [2.05, 4.69) is 10.2 Å². The van der Waals surface area contributed by atoms with Gasteiger partial charge in [-0.1, -0.05) is 24.6 Å². The van der Waals surface area contributed by atoms with Crippen LogP contribution in [-0.4, -0.2) is 36.6 Å². The lowest BCUT2D eigenvalue weighted by Crippen LogP contribution is -2.59. The highest BCUT2D eigenvalue weighted by molar-refractivity contribution is 5.27. The molecule has 0 unspecified atom stereocenters. The van der Waals surface area contributed by atoms with Crippen molar-refractivity contribution in [2.45, 2.75) is 63.3 Å². The molecule has 0 aromatic heterocycles. The van der Waals surface area contributed by atoms with Gasteiger partial charge in [0.2, 0.25) is 0 Å². The van der Waals surface area contributed by atoms with Gasteiger partial charge in [-0.3, -0.25) is 4.90 Å². The Balaban J connectivity index is 1.71. The van der Waals surface area contributed by atoms with E-state index in [9.17, 15) is 8.78 Å². The molecule has 1 aromatic carbocycles. The summed E-state index contributed by atoms with van der Waals surface area (Å²) in [5, 5.41) is 3.58. The molecule has 24 heavy (non-hydrogen) atoms. The van der Waals surface area contributed by atoms with Crippen LogP contribution in [0.2, 0.25) is 0 Å². The van der Waals surface area contributed by atoms with Crippen molar-refractivity contribution in [1.82, 2.24) is 10.2 Å². The number of alkyl halides is 2. The second-order valence-electron chi connectivity index (χ2n) is 7.64.